The van der Waals surface area contributed by atoms with Crippen molar-refractivity contribution in [3.05, 3.63) is 73.1 Å². The van der Waals surface area contributed by atoms with Crippen molar-refractivity contribution in [2.75, 3.05) is 5.32 Å². The van der Waals surface area contributed by atoms with E-state index in [9.17, 15) is 4.79 Å². The van der Waals surface area contributed by atoms with Crippen molar-refractivity contribution in [2.24, 2.45) is 7.05 Å². The second-order valence-corrected chi connectivity index (χ2v) is 5.69. The Bertz CT molecular complexity index is 1060. The molecule has 0 spiro atoms. The van der Waals surface area contributed by atoms with Gasteiger partial charge in [0, 0.05) is 36.6 Å². The van der Waals surface area contributed by atoms with Crippen molar-refractivity contribution in [3.63, 3.8) is 0 Å². The van der Waals surface area contributed by atoms with E-state index in [1.807, 2.05) is 49.5 Å². The van der Waals surface area contributed by atoms with Gasteiger partial charge in [-0.3, -0.25) is 9.78 Å². The summed E-state index contributed by atoms with van der Waals surface area (Å²) < 4.78 is 1.73. The fourth-order valence-corrected chi connectivity index (χ4v) is 2.64. The average Bonchev–Trinajstić information content (AvgIpc) is 3.09. The Kier molecular flexibility index (Phi) is 3.70. The van der Waals surface area contributed by atoms with Crippen LogP contribution < -0.4 is 5.32 Å². The molecule has 3 aromatic heterocycles. The number of aryl methyl sites for hydroxylation is 1. The van der Waals surface area contributed by atoms with Crippen LogP contribution in [0.25, 0.3) is 22.2 Å². The molecule has 4 aromatic rings. The highest BCUT2D eigenvalue weighted by molar-refractivity contribution is 6.07. The first-order valence-electron chi connectivity index (χ1n) is 7.80. The Hall–Kier alpha value is -3.54. The minimum absolute atomic E-state index is 0.262. The number of fused-ring (bicyclic) bond motifs is 1. The number of hydrogen-bond donors (Lipinski definition) is 1. The van der Waals surface area contributed by atoms with Crippen LogP contribution in [0.2, 0.25) is 0 Å². The first kappa shape index (κ1) is 15.0. The molecular formula is C19H15N5O. The number of benzene rings is 1. The number of amides is 1. The van der Waals surface area contributed by atoms with Gasteiger partial charge in [-0.05, 0) is 24.3 Å². The van der Waals surface area contributed by atoms with E-state index in [1.54, 1.807) is 29.5 Å². The van der Waals surface area contributed by atoms with Gasteiger partial charge >= 0.3 is 0 Å². The van der Waals surface area contributed by atoms with Crippen molar-refractivity contribution in [2.45, 2.75) is 0 Å². The Morgan fingerprint density at radius 1 is 1.12 bits per heavy atom. The first-order valence-corrected chi connectivity index (χ1v) is 7.80. The summed E-state index contributed by atoms with van der Waals surface area (Å²) in [5.74, 6) is -0.262. The van der Waals surface area contributed by atoms with Gasteiger partial charge in [-0.25, -0.2) is 9.97 Å². The van der Waals surface area contributed by atoms with Gasteiger partial charge in [0.2, 0.25) is 0 Å². The summed E-state index contributed by atoms with van der Waals surface area (Å²) in [7, 11) is 1.82. The summed E-state index contributed by atoms with van der Waals surface area (Å²) in [4.78, 5) is 25.3. The largest absolute Gasteiger partial charge is 0.340 e. The molecule has 1 amide bonds. The molecule has 0 aliphatic carbocycles. The van der Waals surface area contributed by atoms with Crippen molar-refractivity contribution in [1.29, 1.82) is 0 Å². The number of nitrogens with zero attached hydrogens (tertiary/aromatic N) is 4. The molecule has 0 aliphatic heterocycles. The molecule has 3 heterocycles. The lowest BCUT2D eigenvalue weighted by molar-refractivity contribution is 0.102. The molecule has 0 atom stereocenters. The number of anilines is 1. The fraction of sp³-hybridized carbons (Fsp3) is 0.0526. The molecule has 4 rings (SSSR count). The Labute approximate surface area is 144 Å². The van der Waals surface area contributed by atoms with Crippen LogP contribution in [0.1, 0.15) is 10.5 Å². The molecule has 0 unspecified atom stereocenters. The van der Waals surface area contributed by atoms with Gasteiger partial charge in [-0.2, -0.15) is 0 Å². The second-order valence-electron chi connectivity index (χ2n) is 5.69. The maximum absolute atomic E-state index is 12.4. The van der Waals surface area contributed by atoms with Crippen LogP contribution in [0.5, 0.6) is 0 Å². The summed E-state index contributed by atoms with van der Waals surface area (Å²) in [6.07, 6.45) is 6.76. The monoisotopic (exact) mass is 329 g/mol. The molecule has 1 N–H and O–H groups in total. The molecule has 0 aliphatic rings. The summed E-state index contributed by atoms with van der Waals surface area (Å²) in [5.41, 5.74) is 3.48. The lowest BCUT2D eigenvalue weighted by Gasteiger charge is -2.09. The van der Waals surface area contributed by atoms with Crippen molar-refractivity contribution < 1.29 is 4.79 Å². The van der Waals surface area contributed by atoms with Crippen molar-refractivity contribution in [3.8, 4) is 11.3 Å². The molecule has 0 fully saturated rings. The predicted octanol–water partition coefficient (Wildman–Crippen LogP) is 3.28. The molecule has 122 valence electrons. The van der Waals surface area contributed by atoms with Crippen molar-refractivity contribution in [1.82, 2.24) is 19.5 Å². The normalized spacial score (nSPS) is 10.8. The maximum Gasteiger partial charge on any atom is 0.275 e. The van der Waals surface area contributed by atoms with E-state index in [-0.39, 0.29) is 5.91 Å². The predicted molar refractivity (Wildman–Crippen MR) is 96.1 cm³/mol. The second kappa shape index (κ2) is 6.16. The van der Waals surface area contributed by atoms with Crippen LogP contribution >= 0.6 is 0 Å². The smallest absolute Gasteiger partial charge is 0.275 e. The number of carbonyl (C=O) groups excluding carboxylic acids is 1. The minimum Gasteiger partial charge on any atom is -0.340 e. The Morgan fingerprint density at radius 3 is 2.80 bits per heavy atom. The standard InChI is InChI=1S/C19H15N5O/c1-24-11-17(21-12-24)19(25)23-16-6-2-4-13-7-8-15(22-18(13)16)14-5-3-9-20-10-14/h2-12H,1H3,(H,23,25). The number of para-hydroxylation sites is 1. The van der Waals surface area contributed by atoms with Crippen LogP contribution in [0, 0.1) is 0 Å². The lowest BCUT2D eigenvalue weighted by atomic mass is 10.1. The molecule has 0 saturated heterocycles. The SMILES string of the molecule is Cn1cnc(C(=O)Nc2cccc3ccc(-c4cccnc4)nc23)c1. The number of imidazole rings is 1. The summed E-state index contributed by atoms with van der Waals surface area (Å²) in [6.45, 7) is 0. The minimum atomic E-state index is -0.262. The highest BCUT2D eigenvalue weighted by atomic mass is 16.1. The van der Waals surface area contributed by atoms with E-state index >= 15 is 0 Å². The van der Waals surface area contributed by atoms with E-state index in [1.165, 1.54) is 0 Å². The number of rotatable bonds is 3. The van der Waals surface area contributed by atoms with E-state index in [0.29, 0.717) is 11.4 Å². The number of nitrogens with one attached hydrogen (secondary N) is 1. The third-order valence-corrected chi connectivity index (χ3v) is 3.86. The number of hydrogen-bond acceptors (Lipinski definition) is 4. The van der Waals surface area contributed by atoms with Gasteiger partial charge < -0.3 is 9.88 Å². The Balaban J connectivity index is 1.74. The lowest BCUT2D eigenvalue weighted by Crippen LogP contribution is -2.12. The summed E-state index contributed by atoms with van der Waals surface area (Å²) in [5, 5.41) is 3.85. The van der Waals surface area contributed by atoms with Gasteiger partial charge in [-0.1, -0.05) is 18.2 Å². The van der Waals surface area contributed by atoms with Gasteiger partial charge in [0.05, 0.1) is 23.2 Å². The quantitative estimate of drug-likeness (QED) is 0.626. The van der Waals surface area contributed by atoms with Crippen LogP contribution in [-0.4, -0.2) is 25.4 Å². The fourth-order valence-electron chi connectivity index (χ4n) is 2.64. The molecule has 0 bridgehead atoms. The van der Waals surface area contributed by atoms with Gasteiger partial charge in [0.1, 0.15) is 5.69 Å². The molecule has 25 heavy (non-hydrogen) atoms. The van der Waals surface area contributed by atoms with Crippen LogP contribution in [0.15, 0.2) is 67.4 Å². The average molecular weight is 329 g/mol. The van der Waals surface area contributed by atoms with Crippen LogP contribution in [0.4, 0.5) is 5.69 Å². The number of carbonyl (C=O) groups is 1. The van der Waals surface area contributed by atoms with E-state index in [4.69, 9.17) is 4.98 Å². The van der Waals surface area contributed by atoms with Crippen LogP contribution in [0.3, 0.4) is 0 Å². The zero-order valence-corrected chi connectivity index (χ0v) is 13.5. The Morgan fingerprint density at radius 2 is 2.04 bits per heavy atom. The topological polar surface area (TPSA) is 72.7 Å². The maximum atomic E-state index is 12.4. The molecule has 6 nitrogen and oxygen atoms in total. The molecule has 1 aromatic carbocycles. The number of aromatic nitrogens is 4. The number of pyridine rings is 2. The summed E-state index contributed by atoms with van der Waals surface area (Å²) >= 11 is 0. The zero-order valence-electron chi connectivity index (χ0n) is 13.5. The zero-order chi connectivity index (χ0) is 17.2. The van der Waals surface area contributed by atoms with E-state index in [2.05, 4.69) is 15.3 Å². The van der Waals surface area contributed by atoms with Gasteiger partial charge in [0.25, 0.3) is 5.91 Å². The third-order valence-electron chi connectivity index (χ3n) is 3.86. The van der Waals surface area contributed by atoms with Crippen molar-refractivity contribution >= 4 is 22.5 Å². The molecule has 0 radical (unpaired) electrons. The molecule has 0 saturated carbocycles. The highest BCUT2D eigenvalue weighted by Gasteiger charge is 2.12. The van der Waals surface area contributed by atoms with Crippen LogP contribution in [-0.2, 0) is 7.05 Å². The van der Waals surface area contributed by atoms with Gasteiger partial charge in [0.15, 0.2) is 0 Å². The highest BCUT2D eigenvalue weighted by Crippen LogP contribution is 2.25. The van der Waals surface area contributed by atoms with E-state index in [0.717, 1.165) is 22.2 Å². The van der Waals surface area contributed by atoms with E-state index < -0.39 is 0 Å². The molecular weight excluding hydrogens is 314 g/mol. The molecule has 6 heteroatoms. The third kappa shape index (κ3) is 2.97. The first-order chi connectivity index (χ1) is 12.2. The van der Waals surface area contributed by atoms with Gasteiger partial charge in [-0.15, -0.1) is 0 Å². The summed E-state index contributed by atoms with van der Waals surface area (Å²) in [6, 6.07) is 13.5.